The van der Waals surface area contributed by atoms with E-state index in [0.717, 1.165) is 29.7 Å². The fourth-order valence-electron chi connectivity index (χ4n) is 2.29. The molecule has 0 radical (unpaired) electrons. The third-order valence-corrected chi connectivity index (χ3v) is 3.77. The molecule has 2 rings (SSSR count). The Morgan fingerprint density at radius 1 is 1.11 bits per heavy atom. The van der Waals surface area contributed by atoms with Crippen LogP contribution < -0.4 is 15.5 Å². The predicted molar refractivity (Wildman–Crippen MR) is 107 cm³/mol. The minimum absolute atomic E-state index is 0.300. The van der Waals surface area contributed by atoms with Gasteiger partial charge in [-0.25, -0.2) is 5.43 Å². The maximum atomic E-state index is 11.9. The molecule has 2 aromatic rings. The molecular weight excluding hydrogens is 342 g/mol. The van der Waals surface area contributed by atoms with Gasteiger partial charge in [-0.2, -0.15) is 5.10 Å². The minimum Gasteiger partial charge on any atom is -0.494 e. The zero-order valence-corrected chi connectivity index (χ0v) is 15.7. The smallest absolute Gasteiger partial charge is 0.249 e. The van der Waals surface area contributed by atoms with Crippen molar-refractivity contribution in [1.82, 2.24) is 5.43 Å². The van der Waals surface area contributed by atoms with Crippen LogP contribution in [0.1, 0.15) is 37.3 Å². The van der Waals surface area contributed by atoms with Crippen LogP contribution in [0.3, 0.4) is 0 Å². The highest BCUT2D eigenvalue weighted by molar-refractivity contribution is 6.04. The fraction of sp³-hybridized carbons (Fsp3) is 0.286. The Morgan fingerprint density at radius 2 is 1.93 bits per heavy atom. The summed E-state index contributed by atoms with van der Waals surface area (Å²) in [7, 11) is 0. The third kappa shape index (κ3) is 7.32. The van der Waals surface area contributed by atoms with Gasteiger partial charge in [-0.1, -0.05) is 43.7 Å². The van der Waals surface area contributed by atoms with Crippen LogP contribution in [0.5, 0.6) is 5.75 Å². The Labute approximate surface area is 159 Å². The second-order valence-electron chi connectivity index (χ2n) is 6.11. The lowest BCUT2D eigenvalue weighted by atomic mass is 10.2. The highest BCUT2D eigenvalue weighted by atomic mass is 16.5. The summed E-state index contributed by atoms with van der Waals surface area (Å²) in [6.07, 6.45) is 3.29. The number of aryl methyl sites for hydroxylation is 1. The summed E-state index contributed by atoms with van der Waals surface area (Å²) < 4.78 is 5.63. The van der Waals surface area contributed by atoms with Crippen LogP contribution in [-0.2, 0) is 9.59 Å². The minimum atomic E-state index is -0.479. The number of anilines is 1. The van der Waals surface area contributed by atoms with Crippen LogP contribution >= 0.6 is 0 Å². The normalized spacial score (nSPS) is 10.6. The van der Waals surface area contributed by atoms with Crippen LogP contribution in [0.2, 0.25) is 0 Å². The summed E-state index contributed by atoms with van der Waals surface area (Å²) in [4.78, 5) is 23.8. The number of ether oxygens (including phenoxy) is 1. The largest absolute Gasteiger partial charge is 0.494 e. The molecule has 2 N–H and O–H groups in total. The number of para-hydroxylation sites is 1. The quantitative estimate of drug-likeness (QED) is 0.307. The highest BCUT2D eigenvalue weighted by Crippen LogP contribution is 2.13. The summed E-state index contributed by atoms with van der Waals surface area (Å²) in [5.41, 5.74) is 4.79. The third-order valence-electron chi connectivity index (χ3n) is 3.77. The maximum Gasteiger partial charge on any atom is 0.249 e. The summed E-state index contributed by atoms with van der Waals surface area (Å²) in [5.74, 6) is -0.104. The van der Waals surface area contributed by atoms with E-state index in [2.05, 4.69) is 22.8 Å². The number of carbonyl (C=O) groups excluding carboxylic acids is 2. The molecule has 0 bridgehead atoms. The summed E-state index contributed by atoms with van der Waals surface area (Å²) in [6.45, 7) is 4.67. The zero-order chi connectivity index (χ0) is 19.5. The van der Waals surface area contributed by atoms with Crippen molar-refractivity contribution in [3.8, 4) is 5.75 Å². The van der Waals surface area contributed by atoms with E-state index >= 15 is 0 Å². The number of hydrazone groups is 1. The highest BCUT2D eigenvalue weighted by Gasteiger charge is 2.09. The SMILES string of the molecule is CCCCOc1cccc(C=NNC(=O)CC(=O)Nc2ccccc2C)c1. The standard InChI is InChI=1S/C21H25N3O3/c1-3-4-12-27-18-10-7-9-17(13-18)15-22-24-21(26)14-20(25)23-19-11-6-5-8-16(19)2/h5-11,13,15H,3-4,12,14H2,1-2H3,(H,23,25)(H,24,26). The molecule has 0 fully saturated rings. The molecule has 142 valence electrons. The number of hydrogen-bond acceptors (Lipinski definition) is 4. The van der Waals surface area contributed by atoms with E-state index in [1.54, 1.807) is 6.07 Å². The first kappa shape index (κ1) is 20.2. The van der Waals surface area contributed by atoms with Gasteiger partial charge < -0.3 is 10.1 Å². The van der Waals surface area contributed by atoms with Crippen LogP contribution in [0.4, 0.5) is 5.69 Å². The molecule has 0 aliphatic carbocycles. The van der Waals surface area contributed by atoms with Gasteiger partial charge in [-0.15, -0.1) is 0 Å². The first-order chi connectivity index (χ1) is 13.1. The van der Waals surface area contributed by atoms with Gasteiger partial charge in [-0.3, -0.25) is 9.59 Å². The van der Waals surface area contributed by atoms with Crippen LogP contribution in [0.15, 0.2) is 53.6 Å². The number of benzene rings is 2. The lowest BCUT2D eigenvalue weighted by Crippen LogP contribution is -2.24. The second kappa shape index (κ2) is 10.8. The van der Waals surface area contributed by atoms with Gasteiger partial charge in [0, 0.05) is 5.69 Å². The van der Waals surface area contributed by atoms with Gasteiger partial charge in [-0.05, 0) is 42.7 Å². The van der Waals surface area contributed by atoms with Gasteiger partial charge in [0.1, 0.15) is 12.2 Å². The molecule has 6 nitrogen and oxygen atoms in total. The van der Waals surface area contributed by atoms with Crippen LogP contribution in [0.25, 0.3) is 0 Å². The van der Waals surface area contributed by atoms with Crippen LogP contribution in [0, 0.1) is 6.92 Å². The van der Waals surface area contributed by atoms with Crippen molar-refractivity contribution in [3.63, 3.8) is 0 Å². The van der Waals surface area contributed by atoms with E-state index in [0.29, 0.717) is 12.3 Å². The number of rotatable bonds is 9. The molecule has 2 amide bonds. The molecule has 0 aliphatic heterocycles. The van der Waals surface area contributed by atoms with E-state index in [-0.39, 0.29) is 12.3 Å². The molecule has 2 aromatic carbocycles. The van der Waals surface area contributed by atoms with Gasteiger partial charge >= 0.3 is 0 Å². The number of amides is 2. The number of carbonyl (C=O) groups is 2. The molecule has 0 heterocycles. The summed E-state index contributed by atoms with van der Waals surface area (Å²) in [5, 5.41) is 6.61. The Morgan fingerprint density at radius 3 is 2.70 bits per heavy atom. The predicted octanol–water partition coefficient (Wildman–Crippen LogP) is 3.65. The van der Waals surface area contributed by atoms with E-state index in [4.69, 9.17) is 4.74 Å². The molecule has 27 heavy (non-hydrogen) atoms. The first-order valence-electron chi connectivity index (χ1n) is 8.98. The number of hydrogen-bond donors (Lipinski definition) is 2. The molecule has 0 aromatic heterocycles. The van der Waals surface area contributed by atoms with Gasteiger partial charge in [0.05, 0.1) is 12.8 Å². The second-order valence-corrected chi connectivity index (χ2v) is 6.11. The Bertz CT molecular complexity index is 803. The van der Waals surface area contributed by atoms with Crippen molar-refractivity contribution in [1.29, 1.82) is 0 Å². The van der Waals surface area contributed by atoms with Crippen LogP contribution in [-0.4, -0.2) is 24.6 Å². The van der Waals surface area contributed by atoms with Crippen molar-refractivity contribution in [2.45, 2.75) is 33.1 Å². The number of nitrogens with zero attached hydrogens (tertiary/aromatic N) is 1. The maximum absolute atomic E-state index is 11.9. The lowest BCUT2D eigenvalue weighted by molar-refractivity contribution is -0.126. The van der Waals surface area contributed by atoms with Crippen molar-refractivity contribution in [2.24, 2.45) is 5.10 Å². The molecule has 0 spiro atoms. The van der Waals surface area contributed by atoms with Crippen molar-refractivity contribution >= 4 is 23.7 Å². The summed E-state index contributed by atoms with van der Waals surface area (Å²) in [6, 6.07) is 14.8. The Kier molecular flexibility index (Phi) is 8.03. The monoisotopic (exact) mass is 367 g/mol. The number of unbranched alkanes of at least 4 members (excludes halogenated alkanes) is 1. The fourth-order valence-corrected chi connectivity index (χ4v) is 2.29. The molecule has 6 heteroatoms. The van der Waals surface area contributed by atoms with E-state index in [9.17, 15) is 9.59 Å². The number of nitrogens with one attached hydrogen (secondary N) is 2. The molecule has 0 saturated heterocycles. The molecular formula is C21H25N3O3. The average Bonchev–Trinajstić information content (AvgIpc) is 2.64. The van der Waals surface area contributed by atoms with E-state index in [1.165, 1.54) is 6.21 Å². The zero-order valence-electron chi connectivity index (χ0n) is 15.7. The summed E-state index contributed by atoms with van der Waals surface area (Å²) >= 11 is 0. The molecule has 0 saturated carbocycles. The van der Waals surface area contributed by atoms with E-state index in [1.807, 2.05) is 49.4 Å². The topological polar surface area (TPSA) is 79.8 Å². The van der Waals surface area contributed by atoms with Crippen molar-refractivity contribution < 1.29 is 14.3 Å². The van der Waals surface area contributed by atoms with Gasteiger partial charge in [0.15, 0.2) is 0 Å². The Hall–Kier alpha value is -3.15. The Balaban J connectivity index is 1.80. The first-order valence-corrected chi connectivity index (χ1v) is 8.98. The molecule has 0 unspecified atom stereocenters. The van der Waals surface area contributed by atoms with Crippen molar-refractivity contribution in [2.75, 3.05) is 11.9 Å². The van der Waals surface area contributed by atoms with Gasteiger partial charge in [0.2, 0.25) is 11.8 Å². The average molecular weight is 367 g/mol. The molecule has 0 atom stereocenters. The molecule has 0 aliphatic rings. The lowest BCUT2D eigenvalue weighted by Gasteiger charge is -2.07. The van der Waals surface area contributed by atoms with E-state index < -0.39 is 5.91 Å². The van der Waals surface area contributed by atoms with Crippen molar-refractivity contribution in [3.05, 3.63) is 59.7 Å². The van der Waals surface area contributed by atoms with Gasteiger partial charge in [0.25, 0.3) is 0 Å².